The molecular weight excluding hydrogens is 139 g/mol. The number of carbonyl (C=O) groups is 1. The Kier molecular flexibility index (Phi) is 2.21. The molecule has 1 saturated carbocycles. The zero-order valence-corrected chi connectivity index (χ0v) is 5.42. The van der Waals surface area contributed by atoms with Gasteiger partial charge in [-0.1, -0.05) is 0 Å². The van der Waals surface area contributed by atoms with Crippen molar-refractivity contribution in [2.75, 3.05) is 6.61 Å². The molecule has 1 aliphatic carbocycles. The highest BCUT2D eigenvalue weighted by molar-refractivity contribution is 5.68. The molecule has 0 amide bonds. The van der Waals surface area contributed by atoms with E-state index in [9.17, 15) is 9.18 Å². The van der Waals surface area contributed by atoms with Gasteiger partial charge in [-0.3, -0.25) is 0 Å². The molecule has 0 aromatic heterocycles. The molecule has 0 aliphatic heterocycles. The molecule has 0 radical (unpaired) electrons. The lowest BCUT2D eigenvalue weighted by Gasteiger charge is -2.28. The van der Waals surface area contributed by atoms with Crippen molar-refractivity contribution in [3.05, 3.63) is 0 Å². The molecule has 0 spiro atoms. The van der Waals surface area contributed by atoms with Crippen LogP contribution >= 0.6 is 0 Å². The van der Waals surface area contributed by atoms with E-state index >= 15 is 0 Å². The fraction of sp³-hybridized carbons (Fsp3) is 0.833. The van der Waals surface area contributed by atoms with Crippen LogP contribution < -0.4 is 0 Å². The van der Waals surface area contributed by atoms with Crippen LogP contribution in [0, 0.1) is 0 Å². The van der Waals surface area contributed by atoms with Crippen molar-refractivity contribution in [2.45, 2.75) is 25.1 Å². The Hall–Kier alpha value is -0.640. The van der Waals surface area contributed by atoms with Crippen molar-refractivity contribution in [2.24, 2.45) is 0 Å². The van der Waals surface area contributed by atoms with E-state index in [2.05, 4.69) is 0 Å². The highest BCUT2D eigenvalue weighted by Crippen LogP contribution is 2.25. The third kappa shape index (κ3) is 1.95. The van der Waals surface area contributed by atoms with Crippen molar-refractivity contribution < 1.29 is 19.0 Å². The number of alkyl halides is 1. The van der Waals surface area contributed by atoms with Crippen LogP contribution in [0.15, 0.2) is 0 Å². The second kappa shape index (κ2) is 2.96. The number of aliphatic carboxylic acids is 1. The topological polar surface area (TPSA) is 46.5 Å². The second-order valence-electron chi connectivity index (χ2n) is 2.40. The maximum absolute atomic E-state index is 12.1. The lowest BCUT2D eigenvalue weighted by Crippen LogP contribution is -2.33. The van der Waals surface area contributed by atoms with Crippen LogP contribution in [0.25, 0.3) is 0 Å². The van der Waals surface area contributed by atoms with Crippen LogP contribution in [0.5, 0.6) is 0 Å². The molecule has 0 aromatic carbocycles. The zero-order valence-electron chi connectivity index (χ0n) is 5.42. The molecule has 58 valence electrons. The van der Waals surface area contributed by atoms with Gasteiger partial charge in [0.1, 0.15) is 12.8 Å². The summed E-state index contributed by atoms with van der Waals surface area (Å²) in [4.78, 5) is 9.91. The number of hydrogen-bond acceptors (Lipinski definition) is 2. The fourth-order valence-electron chi connectivity index (χ4n) is 0.827. The zero-order chi connectivity index (χ0) is 7.56. The lowest BCUT2D eigenvalue weighted by atomic mass is 9.94. The Balaban J connectivity index is 2.00. The van der Waals surface area contributed by atoms with Crippen molar-refractivity contribution in [3.8, 4) is 0 Å². The summed E-state index contributed by atoms with van der Waals surface area (Å²) in [6.45, 7) is -0.308. The number of halogens is 1. The van der Waals surface area contributed by atoms with E-state index < -0.39 is 12.1 Å². The van der Waals surface area contributed by atoms with Gasteiger partial charge < -0.3 is 9.84 Å². The van der Waals surface area contributed by atoms with Crippen molar-refractivity contribution >= 4 is 5.97 Å². The molecule has 0 heterocycles. The molecule has 10 heavy (non-hydrogen) atoms. The van der Waals surface area contributed by atoms with E-state index in [4.69, 9.17) is 9.84 Å². The second-order valence-corrected chi connectivity index (χ2v) is 2.40. The number of carboxylic acids is 1. The molecular formula is C6H9FO3. The normalized spacial score (nSPS) is 31.3. The minimum Gasteiger partial charge on any atom is -0.480 e. The molecule has 0 unspecified atom stereocenters. The van der Waals surface area contributed by atoms with Gasteiger partial charge in [-0.15, -0.1) is 0 Å². The quantitative estimate of drug-likeness (QED) is 0.637. The molecule has 0 saturated heterocycles. The Morgan fingerprint density at radius 3 is 2.70 bits per heavy atom. The summed E-state index contributed by atoms with van der Waals surface area (Å²) >= 11 is 0. The van der Waals surface area contributed by atoms with E-state index in [1.807, 2.05) is 0 Å². The number of ether oxygens (including phenoxy) is 1. The van der Waals surface area contributed by atoms with Gasteiger partial charge in [0.15, 0.2) is 0 Å². The smallest absolute Gasteiger partial charge is 0.329 e. The van der Waals surface area contributed by atoms with Crippen LogP contribution in [-0.2, 0) is 9.53 Å². The Bertz CT molecular complexity index is 131. The maximum Gasteiger partial charge on any atom is 0.329 e. The molecule has 3 nitrogen and oxygen atoms in total. The standard InChI is InChI=1S/C6H9FO3/c7-4-1-5(2-4)10-3-6(8)9/h4-5H,1-3H2,(H,8,9). The Morgan fingerprint density at radius 1 is 1.70 bits per heavy atom. The van der Waals surface area contributed by atoms with Crippen molar-refractivity contribution in [1.82, 2.24) is 0 Å². The molecule has 0 atom stereocenters. The predicted molar refractivity (Wildman–Crippen MR) is 31.5 cm³/mol. The van der Waals surface area contributed by atoms with E-state index in [0.29, 0.717) is 12.8 Å². The third-order valence-electron chi connectivity index (χ3n) is 1.48. The first-order valence-electron chi connectivity index (χ1n) is 3.16. The highest BCUT2D eigenvalue weighted by atomic mass is 19.1. The van der Waals surface area contributed by atoms with Gasteiger partial charge in [0, 0.05) is 12.8 Å². The molecule has 0 aromatic rings. The minimum absolute atomic E-state index is 0.161. The molecule has 1 rings (SSSR count). The number of rotatable bonds is 3. The molecule has 4 heteroatoms. The van der Waals surface area contributed by atoms with Crippen LogP contribution in [-0.4, -0.2) is 30.0 Å². The first kappa shape index (κ1) is 7.47. The summed E-state index contributed by atoms with van der Waals surface area (Å²) < 4.78 is 16.8. The van der Waals surface area contributed by atoms with Crippen LogP contribution in [0.2, 0.25) is 0 Å². The van der Waals surface area contributed by atoms with Gasteiger partial charge in [0.25, 0.3) is 0 Å². The van der Waals surface area contributed by atoms with E-state index in [-0.39, 0.29) is 12.7 Å². The monoisotopic (exact) mass is 148 g/mol. The summed E-state index contributed by atoms with van der Waals surface area (Å²) in [5.74, 6) is -0.998. The van der Waals surface area contributed by atoms with Crippen LogP contribution in [0.3, 0.4) is 0 Å². The van der Waals surface area contributed by atoms with Gasteiger partial charge in [-0.25, -0.2) is 9.18 Å². The number of hydrogen-bond donors (Lipinski definition) is 1. The first-order chi connectivity index (χ1) is 4.68. The predicted octanol–water partition coefficient (Wildman–Crippen LogP) is 0.588. The SMILES string of the molecule is O=C(O)COC1CC(F)C1. The van der Waals surface area contributed by atoms with Crippen LogP contribution in [0.4, 0.5) is 4.39 Å². The Morgan fingerprint density at radius 2 is 2.30 bits per heavy atom. The van der Waals surface area contributed by atoms with Crippen molar-refractivity contribution in [1.29, 1.82) is 0 Å². The number of carboxylic acid groups (broad SMARTS) is 1. The molecule has 1 aliphatic rings. The largest absolute Gasteiger partial charge is 0.480 e. The molecule has 1 N–H and O–H groups in total. The van der Waals surface area contributed by atoms with Gasteiger partial charge in [0.05, 0.1) is 6.10 Å². The fourth-order valence-corrected chi connectivity index (χ4v) is 0.827. The molecule has 1 fully saturated rings. The van der Waals surface area contributed by atoms with E-state index in [1.165, 1.54) is 0 Å². The maximum atomic E-state index is 12.1. The van der Waals surface area contributed by atoms with Crippen LogP contribution in [0.1, 0.15) is 12.8 Å². The summed E-state index contributed by atoms with van der Waals surface area (Å²) in [6, 6.07) is 0. The van der Waals surface area contributed by atoms with E-state index in [0.717, 1.165) is 0 Å². The third-order valence-corrected chi connectivity index (χ3v) is 1.48. The van der Waals surface area contributed by atoms with Gasteiger partial charge in [-0.05, 0) is 0 Å². The Labute approximate surface area is 57.8 Å². The summed E-state index contributed by atoms with van der Waals surface area (Å²) in [5.41, 5.74) is 0. The summed E-state index contributed by atoms with van der Waals surface area (Å²) in [5, 5.41) is 8.13. The summed E-state index contributed by atoms with van der Waals surface area (Å²) in [7, 11) is 0. The average molecular weight is 148 g/mol. The van der Waals surface area contributed by atoms with Gasteiger partial charge in [-0.2, -0.15) is 0 Å². The molecule has 0 bridgehead atoms. The lowest BCUT2D eigenvalue weighted by molar-refractivity contribution is -0.147. The first-order valence-corrected chi connectivity index (χ1v) is 3.16. The highest BCUT2D eigenvalue weighted by Gasteiger charge is 2.29. The average Bonchev–Trinajstić information content (AvgIpc) is 1.77. The van der Waals surface area contributed by atoms with Gasteiger partial charge >= 0.3 is 5.97 Å². The van der Waals surface area contributed by atoms with Crippen molar-refractivity contribution in [3.63, 3.8) is 0 Å². The van der Waals surface area contributed by atoms with Gasteiger partial charge in [0.2, 0.25) is 0 Å². The summed E-state index contributed by atoms with van der Waals surface area (Å²) in [6.07, 6.45) is -0.231. The van der Waals surface area contributed by atoms with E-state index in [1.54, 1.807) is 0 Å². The minimum atomic E-state index is -0.998.